The third kappa shape index (κ3) is 3.83. The van der Waals surface area contributed by atoms with E-state index in [2.05, 4.69) is 16.9 Å². The fourth-order valence-electron chi connectivity index (χ4n) is 1.52. The van der Waals surface area contributed by atoms with Crippen LogP contribution in [0.4, 0.5) is 4.39 Å². The first-order valence-corrected chi connectivity index (χ1v) is 5.79. The highest BCUT2D eigenvalue weighted by Gasteiger charge is 2.04. The number of hydrogen-bond donors (Lipinski definition) is 1. The van der Waals surface area contributed by atoms with Crippen LogP contribution in [0.3, 0.4) is 0 Å². The predicted octanol–water partition coefficient (Wildman–Crippen LogP) is 1.44. The standard InChI is InChI=1S/C14H13FN2O2/c15-13-5-4-12(3-1-9-18)11-14(13)19-10-8-17-7-2-6-16-17/h2,4-7,11,18H,8-10H2. The largest absolute Gasteiger partial charge is 0.489 e. The molecule has 0 saturated carbocycles. The van der Waals surface area contributed by atoms with Crippen molar-refractivity contribution in [3.05, 3.63) is 48.0 Å². The molecule has 2 aromatic rings. The molecule has 0 amide bonds. The number of rotatable bonds is 4. The minimum atomic E-state index is -0.435. The van der Waals surface area contributed by atoms with Crippen molar-refractivity contribution >= 4 is 0 Å². The van der Waals surface area contributed by atoms with Crippen LogP contribution in [0.25, 0.3) is 0 Å². The molecule has 19 heavy (non-hydrogen) atoms. The molecule has 0 saturated heterocycles. The lowest BCUT2D eigenvalue weighted by Crippen LogP contribution is -2.09. The molecule has 5 heteroatoms. The average molecular weight is 260 g/mol. The zero-order chi connectivity index (χ0) is 13.5. The van der Waals surface area contributed by atoms with Crippen molar-refractivity contribution in [1.29, 1.82) is 0 Å². The van der Waals surface area contributed by atoms with E-state index in [-0.39, 0.29) is 12.4 Å². The molecule has 98 valence electrons. The first-order valence-electron chi connectivity index (χ1n) is 5.79. The molecule has 0 atom stereocenters. The third-order valence-electron chi connectivity index (χ3n) is 2.38. The summed E-state index contributed by atoms with van der Waals surface area (Å²) >= 11 is 0. The summed E-state index contributed by atoms with van der Waals surface area (Å²) < 4.78 is 20.6. The first kappa shape index (κ1) is 13.1. The van der Waals surface area contributed by atoms with Crippen molar-refractivity contribution in [3.8, 4) is 17.6 Å². The van der Waals surface area contributed by atoms with E-state index in [1.165, 1.54) is 12.1 Å². The molecule has 1 N–H and O–H groups in total. The van der Waals surface area contributed by atoms with Crippen LogP contribution < -0.4 is 4.74 Å². The Bertz CT molecular complexity index is 585. The maximum atomic E-state index is 13.5. The Kier molecular flexibility index (Phi) is 4.54. The van der Waals surface area contributed by atoms with Gasteiger partial charge in [-0.1, -0.05) is 11.8 Å². The van der Waals surface area contributed by atoms with Crippen molar-refractivity contribution in [2.24, 2.45) is 0 Å². The molecule has 0 aliphatic carbocycles. The molecule has 1 aromatic carbocycles. The smallest absolute Gasteiger partial charge is 0.165 e. The van der Waals surface area contributed by atoms with Gasteiger partial charge in [0.1, 0.15) is 13.2 Å². The van der Waals surface area contributed by atoms with E-state index < -0.39 is 5.82 Å². The quantitative estimate of drug-likeness (QED) is 0.846. The highest BCUT2D eigenvalue weighted by Crippen LogP contribution is 2.18. The summed E-state index contributed by atoms with van der Waals surface area (Å²) in [5, 5.41) is 12.6. The molecule has 0 bridgehead atoms. The Morgan fingerprint density at radius 2 is 2.32 bits per heavy atom. The number of ether oxygens (including phenoxy) is 1. The van der Waals surface area contributed by atoms with Gasteiger partial charge >= 0.3 is 0 Å². The molecule has 0 unspecified atom stereocenters. The number of halogens is 1. The molecule has 1 heterocycles. The minimum absolute atomic E-state index is 0.150. The van der Waals surface area contributed by atoms with Gasteiger partial charge in [0.2, 0.25) is 0 Å². The Labute approximate surface area is 110 Å². The van der Waals surface area contributed by atoms with Crippen LogP contribution in [0, 0.1) is 17.7 Å². The van der Waals surface area contributed by atoms with E-state index in [0.717, 1.165) is 0 Å². The van der Waals surface area contributed by atoms with Gasteiger partial charge < -0.3 is 9.84 Å². The van der Waals surface area contributed by atoms with Crippen LogP contribution in [0.1, 0.15) is 5.56 Å². The fourth-order valence-corrected chi connectivity index (χ4v) is 1.52. The van der Waals surface area contributed by atoms with E-state index in [9.17, 15) is 4.39 Å². The summed E-state index contributed by atoms with van der Waals surface area (Å²) in [7, 11) is 0. The van der Waals surface area contributed by atoms with Crippen molar-refractivity contribution in [1.82, 2.24) is 9.78 Å². The highest BCUT2D eigenvalue weighted by molar-refractivity contribution is 5.40. The van der Waals surface area contributed by atoms with Gasteiger partial charge in [0.05, 0.1) is 6.54 Å². The minimum Gasteiger partial charge on any atom is -0.489 e. The van der Waals surface area contributed by atoms with Crippen LogP contribution in [-0.4, -0.2) is 28.1 Å². The first-order chi connectivity index (χ1) is 9.29. The van der Waals surface area contributed by atoms with Crippen molar-refractivity contribution in [3.63, 3.8) is 0 Å². The third-order valence-corrected chi connectivity index (χ3v) is 2.38. The van der Waals surface area contributed by atoms with E-state index >= 15 is 0 Å². The van der Waals surface area contributed by atoms with Crippen LogP contribution >= 0.6 is 0 Å². The predicted molar refractivity (Wildman–Crippen MR) is 68.1 cm³/mol. The number of hydrogen-bond acceptors (Lipinski definition) is 3. The van der Waals surface area contributed by atoms with Gasteiger partial charge in [-0.05, 0) is 24.3 Å². The lowest BCUT2D eigenvalue weighted by atomic mass is 10.2. The van der Waals surface area contributed by atoms with Crippen LogP contribution in [0.2, 0.25) is 0 Å². The van der Waals surface area contributed by atoms with Gasteiger partial charge in [0, 0.05) is 18.0 Å². The Morgan fingerprint density at radius 1 is 1.42 bits per heavy atom. The van der Waals surface area contributed by atoms with Gasteiger partial charge in [-0.2, -0.15) is 5.10 Å². The molecular weight excluding hydrogens is 247 g/mol. The number of aliphatic hydroxyl groups is 1. The molecule has 1 aromatic heterocycles. The Morgan fingerprint density at radius 3 is 3.05 bits per heavy atom. The molecule has 4 nitrogen and oxygen atoms in total. The van der Waals surface area contributed by atoms with Gasteiger partial charge in [-0.15, -0.1) is 0 Å². The molecule has 0 aliphatic heterocycles. The van der Waals surface area contributed by atoms with E-state index in [4.69, 9.17) is 9.84 Å². The maximum absolute atomic E-state index is 13.5. The van der Waals surface area contributed by atoms with Crippen LogP contribution in [0.15, 0.2) is 36.7 Å². The second-order valence-electron chi connectivity index (χ2n) is 3.72. The monoisotopic (exact) mass is 260 g/mol. The van der Waals surface area contributed by atoms with Crippen molar-refractivity contribution < 1.29 is 14.2 Å². The summed E-state index contributed by atoms with van der Waals surface area (Å²) in [6.45, 7) is 0.626. The summed E-state index contributed by atoms with van der Waals surface area (Å²) in [5.74, 6) is 4.92. The zero-order valence-corrected chi connectivity index (χ0v) is 10.2. The van der Waals surface area contributed by atoms with Crippen LogP contribution in [-0.2, 0) is 6.54 Å². The molecule has 0 spiro atoms. The highest BCUT2D eigenvalue weighted by atomic mass is 19.1. The zero-order valence-electron chi connectivity index (χ0n) is 10.2. The van der Waals surface area contributed by atoms with Crippen LogP contribution in [0.5, 0.6) is 5.75 Å². The number of benzene rings is 1. The summed E-state index contributed by atoms with van der Waals surface area (Å²) in [4.78, 5) is 0. The van der Waals surface area contributed by atoms with E-state index in [1.807, 2.05) is 12.3 Å². The molecule has 0 radical (unpaired) electrons. The maximum Gasteiger partial charge on any atom is 0.165 e. The van der Waals surface area contributed by atoms with Crippen molar-refractivity contribution in [2.45, 2.75) is 6.54 Å². The lowest BCUT2D eigenvalue weighted by molar-refractivity contribution is 0.278. The molecular formula is C14H13FN2O2. The summed E-state index contributed by atoms with van der Waals surface area (Å²) in [6.07, 6.45) is 3.48. The summed E-state index contributed by atoms with van der Waals surface area (Å²) in [5.41, 5.74) is 0.601. The van der Waals surface area contributed by atoms with Gasteiger partial charge in [0.15, 0.2) is 11.6 Å². The second-order valence-corrected chi connectivity index (χ2v) is 3.72. The van der Waals surface area contributed by atoms with Gasteiger partial charge in [-0.3, -0.25) is 4.68 Å². The number of aliphatic hydroxyl groups excluding tert-OH is 1. The Balaban J connectivity index is 1.98. The van der Waals surface area contributed by atoms with E-state index in [0.29, 0.717) is 18.7 Å². The SMILES string of the molecule is OCC#Cc1ccc(F)c(OCCn2cccn2)c1. The lowest BCUT2D eigenvalue weighted by Gasteiger charge is -2.07. The normalized spacial score (nSPS) is 9.79. The Hall–Kier alpha value is -2.32. The molecule has 2 rings (SSSR count). The van der Waals surface area contributed by atoms with Gasteiger partial charge in [-0.25, -0.2) is 4.39 Å². The molecule has 0 fully saturated rings. The topological polar surface area (TPSA) is 47.3 Å². The second kappa shape index (κ2) is 6.57. The van der Waals surface area contributed by atoms with E-state index in [1.54, 1.807) is 16.9 Å². The molecule has 0 aliphatic rings. The number of aromatic nitrogens is 2. The summed E-state index contributed by atoms with van der Waals surface area (Å²) in [6, 6.07) is 6.16. The number of nitrogens with zero attached hydrogens (tertiary/aromatic N) is 2. The average Bonchev–Trinajstić information content (AvgIpc) is 2.92. The van der Waals surface area contributed by atoms with Gasteiger partial charge in [0.25, 0.3) is 0 Å². The van der Waals surface area contributed by atoms with Crippen molar-refractivity contribution in [2.75, 3.05) is 13.2 Å². The fraction of sp³-hybridized carbons (Fsp3) is 0.214.